The highest BCUT2D eigenvalue weighted by Gasteiger charge is 2.51. The van der Waals surface area contributed by atoms with Gasteiger partial charge in [0.05, 0.1) is 5.56 Å². The SMILES string of the molecule is CC(Sc1ccccc1C(=O)N1CCC12CCC2)C(=O)O. The standard InChI is InChI=1S/C16H19NO3S/c1-11(15(19)20)21-13-6-3-2-5-12(13)14(18)17-10-9-16(17)7-4-8-16/h2-3,5-6,11H,4,7-10H2,1H3,(H,19,20). The van der Waals surface area contributed by atoms with Crippen LogP contribution in [0, 0.1) is 0 Å². The van der Waals surface area contributed by atoms with Crippen LogP contribution in [0.4, 0.5) is 0 Å². The maximum atomic E-state index is 12.8. The van der Waals surface area contributed by atoms with Crippen LogP contribution in [-0.4, -0.2) is 39.2 Å². The first kappa shape index (κ1) is 14.4. The van der Waals surface area contributed by atoms with Gasteiger partial charge in [-0.15, -0.1) is 11.8 Å². The number of hydrogen-bond acceptors (Lipinski definition) is 3. The molecule has 1 unspecified atom stereocenters. The Balaban J connectivity index is 1.81. The third kappa shape index (κ3) is 2.44. The van der Waals surface area contributed by atoms with Crippen LogP contribution >= 0.6 is 11.8 Å². The Morgan fingerprint density at radius 2 is 2.00 bits per heavy atom. The molecule has 1 N–H and O–H groups in total. The summed E-state index contributed by atoms with van der Waals surface area (Å²) in [5, 5.41) is 8.49. The minimum Gasteiger partial charge on any atom is -0.480 e. The van der Waals surface area contributed by atoms with E-state index in [9.17, 15) is 9.59 Å². The number of carbonyl (C=O) groups excluding carboxylic acids is 1. The Labute approximate surface area is 128 Å². The fourth-order valence-corrected chi connectivity index (χ4v) is 4.02. The first-order valence-corrected chi connectivity index (χ1v) is 8.22. The molecule has 2 aliphatic rings. The molecule has 1 aliphatic carbocycles. The molecule has 21 heavy (non-hydrogen) atoms. The number of carbonyl (C=O) groups is 2. The maximum Gasteiger partial charge on any atom is 0.316 e. The average molecular weight is 305 g/mol. The van der Waals surface area contributed by atoms with Gasteiger partial charge in [0.2, 0.25) is 0 Å². The van der Waals surface area contributed by atoms with Gasteiger partial charge in [0.1, 0.15) is 5.25 Å². The van der Waals surface area contributed by atoms with Crippen molar-refractivity contribution < 1.29 is 14.7 Å². The van der Waals surface area contributed by atoms with E-state index in [0.717, 1.165) is 30.7 Å². The molecule has 112 valence electrons. The molecule has 5 heteroatoms. The van der Waals surface area contributed by atoms with Crippen molar-refractivity contribution in [2.24, 2.45) is 0 Å². The molecule has 1 saturated heterocycles. The zero-order valence-corrected chi connectivity index (χ0v) is 12.9. The third-order valence-corrected chi connectivity index (χ3v) is 5.84. The van der Waals surface area contributed by atoms with Gasteiger partial charge in [-0.3, -0.25) is 9.59 Å². The molecule has 1 saturated carbocycles. The van der Waals surface area contributed by atoms with E-state index in [1.54, 1.807) is 6.92 Å². The van der Waals surface area contributed by atoms with Crippen molar-refractivity contribution in [1.29, 1.82) is 0 Å². The number of benzene rings is 1. The van der Waals surface area contributed by atoms with E-state index < -0.39 is 11.2 Å². The molecular formula is C16H19NO3S. The van der Waals surface area contributed by atoms with Gasteiger partial charge in [-0.25, -0.2) is 0 Å². The van der Waals surface area contributed by atoms with Crippen LogP contribution in [0.3, 0.4) is 0 Å². The topological polar surface area (TPSA) is 57.6 Å². The number of likely N-dealkylation sites (tertiary alicyclic amines) is 1. The maximum absolute atomic E-state index is 12.8. The summed E-state index contributed by atoms with van der Waals surface area (Å²) in [6, 6.07) is 7.34. The zero-order chi connectivity index (χ0) is 15.0. The zero-order valence-electron chi connectivity index (χ0n) is 12.0. The van der Waals surface area contributed by atoms with E-state index >= 15 is 0 Å². The van der Waals surface area contributed by atoms with Crippen molar-refractivity contribution >= 4 is 23.6 Å². The molecule has 4 nitrogen and oxygen atoms in total. The van der Waals surface area contributed by atoms with Crippen molar-refractivity contribution in [2.45, 2.75) is 48.3 Å². The quantitative estimate of drug-likeness (QED) is 0.869. The summed E-state index contributed by atoms with van der Waals surface area (Å²) < 4.78 is 0. The van der Waals surface area contributed by atoms with Crippen molar-refractivity contribution in [2.75, 3.05) is 6.54 Å². The van der Waals surface area contributed by atoms with Gasteiger partial charge in [0.15, 0.2) is 0 Å². The largest absolute Gasteiger partial charge is 0.480 e. The molecule has 1 amide bonds. The predicted octanol–water partition coefficient (Wildman–Crippen LogP) is 3.02. The van der Waals surface area contributed by atoms with Crippen LogP contribution < -0.4 is 0 Å². The van der Waals surface area contributed by atoms with Gasteiger partial charge in [-0.05, 0) is 44.7 Å². The summed E-state index contributed by atoms with van der Waals surface area (Å²) in [5.74, 6) is -0.802. The van der Waals surface area contributed by atoms with Gasteiger partial charge >= 0.3 is 5.97 Å². The smallest absolute Gasteiger partial charge is 0.316 e. The van der Waals surface area contributed by atoms with E-state index in [1.165, 1.54) is 18.2 Å². The Kier molecular flexibility index (Phi) is 3.69. The molecule has 1 spiro atoms. The summed E-state index contributed by atoms with van der Waals surface area (Å²) in [4.78, 5) is 26.6. The van der Waals surface area contributed by atoms with Gasteiger partial charge in [-0.1, -0.05) is 12.1 Å². The Bertz CT molecular complexity index is 577. The molecule has 0 radical (unpaired) electrons. The average Bonchev–Trinajstić information content (AvgIpc) is 2.36. The van der Waals surface area contributed by atoms with Crippen LogP contribution in [0.1, 0.15) is 43.0 Å². The second-order valence-electron chi connectivity index (χ2n) is 5.88. The summed E-state index contributed by atoms with van der Waals surface area (Å²) >= 11 is 1.24. The van der Waals surface area contributed by atoms with Crippen molar-refractivity contribution in [3.8, 4) is 0 Å². The fraction of sp³-hybridized carbons (Fsp3) is 0.500. The van der Waals surface area contributed by atoms with E-state index in [2.05, 4.69) is 0 Å². The summed E-state index contributed by atoms with van der Waals surface area (Å²) in [6.07, 6.45) is 4.54. The number of hydrogen-bond donors (Lipinski definition) is 1. The number of amides is 1. The number of thioether (sulfide) groups is 1. The lowest BCUT2D eigenvalue weighted by Gasteiger charge is -2.58. The first-order valence-electron chi connectivity index (χ1n) is 7.34. The molecule has 0 bridgehead atoms. The van der Waals surface area contributed by atoms with Crippen LogP contribution in [0.2, 0.25) is 0 Å². The van der Waals surface area contributed by atoms with Crippen molar-refractivity contribution in [1.82, 2.24) is 4.90 Å². The molecule has 1 heterocycles. The predicted molar refractivity (Wildman–Crippen MR) is 81.6 cm³/mol. The second kappa shape index (κ2) is 5.37. The molecule has 3 rings (SSSR count). The number of carboxylic acids is 1. The summed E-state index contributed by atoms with van der Waals surface area (Å²) in [6.45, 7) is 2.47. The monoisotopic (exact) mass is 305 g/mol. The van der Waals surface area contributed by atoms with E-state index in [0.29, 0.717) is 5.56 Å². The summed E-state index contributed by atoms with van der Waals surface area (Å²) in [5.41, 5.74) is 0.759. The third-order valence-electron chi connectivity index (χ3n) is 4.67. The lowest BCUT2D eigenvalue weighted by Crippen LogP contribution is -2.65. The Hall–Kier alpha value is -1.49. The van der Waals surface area contributed by atoms with Crippen LogP contribution in [-0.2, 0) is 4.79 Å². The summed E-state index contributed by atoms with van der Waals surface area (Å²) in [7, 11) is 0. The number of aliphatic carboxylic acids is 1. The second-order valence-corrected chi connectivity index (χ2v) is 7.26. The van der Waals surface area contributed by atoms with E-state index in [-0.39, 0.29) is 11.4 Å². The Morgan fingerprint density at radius 3 is 2.52 bits per heavy atom. The molecule has 1 aliphatic heterocycles. The molecule has 0 aromatic heterocycles. The van der Waals surface area contributed by atoms with Gasteiger partial charge in [-0.2, -0.15) is 0 Å². The molecule has 1 aromatic carbocycles. The van der Waals surface area contributed by atoms with Crippen LogP contribution in [0.5, 0.6) is 0 Å². The highest BCUT2D eigenvalue weighted by atomic mass is 32.2. The molecule has 1 aromatic rings. The van der Waals surface area contributed by atoms with Crippen molar-refractivity contribution in [3.63, 3.8) is 0 Å². The minimum absolute atomic E-state index is 0.0571. The van der Waals surface area contributed by atoms with Gasteiger partial charge < -0.3 is 10.0 Å². The van der Waals surface area contributed by atoms with Gasteiger partial charge in [0.25, 0.3) is 5.91 Å². The Morgan fingerprint density at radius 1 is 1.29 bits per heavy atom. The van der Waals surface area contributed by atoms with Crippen LogP contribution in [0.25, 0.3) is 0 Å². The van der Waals surface area contributed by atoms with E-state index in [1.807, 2.05) is 29.2 Å². The number of nitrogens with zero attached hydrogens (tertiary/aromatic N) is 1. The lowest BCUT2D eigenvalue weighted by atomic mass is 9.67. The molecular weight excluding hydrogens is 286 g/mol. The normalized spacial score (nSPS) is 20.5. The number of rotatable bonds is 4. The lowest BCUT2D eigenvalue weighted by molar-refractivity contribution is -0.136. The first-order chi connectivity index (χ1) is 10.0. The fourth-order valence-electron chi connectivity index (χ4n) is 3.09. The minimum atomic E-state index is -0.860. The van der Waals surface area contributed by atoms with E-state index in [4.69, 9.17) is 5.11 Å². The van der Waals surface area contributed by atoms with Crippen LogP contribution in [0.15, 0.2) is 29.2 Å². The number of carboxylic acid groups (broad SMARTS) is 1. The van der Waals surface area contributed by atoms with Gasteiger partial charge in [0, 0.05) is 17.0 Å². The van der Waals surface area contributed by atoms with Crippen molar-refractivity contribution in [3.05, 3.63) is 29.8 Å². The molecule has 2 fully saturated rings. The molecule has 1 atom stereocenters. The highest BCUT2D eigenvalue weighted by molar-refractivity contribution is 8.00. The highest BCUT2D eigenvalue weighted by Crippen LogP contribution is 2.48.